The Bertz CT molecular complexity index is 105. The summed E-state index contributed by atoms with van der Waals surface area (Å²) in [4.78, 5) is 0. The lowest BCUT2D eigenvalue weighted by molar-refractivity contribution is 0.251. The number of unbranched alkanes of at least 4 members (excludes halogenated alkanes) is 2. The molecular formula is C9H17Br2F. The molecule has 0 aliphatic heterocycles. The molecule has 1 atom stereocenters. The van der Waals surface area contributed by atoms with Crippen LogP contribution in [0.4, 0.5) is 4.39 Å². The normalized spacial score (nSPS) is 16.0. The second-order valence-electron chi connectivity index (χ2n) is 3.11. The molecule has 0 amide bonds. The molecule has 0 saturated carbocycles. The van der Waals surface area contributed by atoms with Crippen LogP contribution in [0.25, 0.3) is 0 Å². The molecule has 0 heterocycles. The van der Waals surface area contributed by atoms with Crippen LogP contribution in [0.5, 0.6) is 0 Å². The summed E-state index contributed by atoms with van der Waals surface area (Å²) in [6.07, 6.45) is 5.33. The van der Waals surface area contributed by atoms with Crippen LogP contribution in [-0.2, 0) is 0 Å². The molecule has 0 nitrogen and oxygen atoms in total. The van der Waals surface area contributed by atoms with E-state index < -0.39 is 4.58 Å². The van der Waals surface area contributed by atoms with Gasteiger partial charge < -0.3 is 0 Å². The van der Waals surface area contributed by atoms with E-state index in [1.165, 1.54) is 0 Å². The first-order chi connectivity index (χ1) is 5.62. The first kappa shape index (κ1) is 12.9. The molecule has 0 aliphatic rings. The first-order valence-electron chi connectivity index (χ1n) is 4.56. The van der Waals surface area contributed by atoms with Crippen LogP contribution in [0.1, 0.15) is 45.4 Å². The summed E-state index contributed by atoms with van der Waals surface area (Å²) in [7, 11) is 0. The standard InChI is InChI=1S/C9H17Br2F/c1-2-3-6-9(11,12)7-4-5-8-10/h2-8H2,1H3. The average molecular weight is 304 g/mol. The number of hydrogen-bond acceptors (Lipinski definition) is 0. The van der Waals surface area contributed by atoms with Gasteiger partial charge in [-0.1, -0.05) is 29.3 Å². The third-order valence-corrected chi connectivity index (χ3v) is 3.18. The van der Waals surface area contributed by atoms with Crippen molar-refractivity contribution in [1.29, 1.82) is 0 Å². The number of halogens is 3. The topological polar surface area (TPSA) is 0 Å². The van der Waals surface area contributed by atoms with Crippen molar-refractivity contribution in [3.05, 3.63) is 0 Å². The lowest BCUT2D eigenvalue weighted by Gasteiger charge is -2.17. The quantitative estimate of drug-likeness (QED) is 0.468. The van der Waals surface area contributed by atoms with Crippen LogP contribution < -0.4 is 0 Å². The zero-order valence-corrected chi connectivity index (χ0v) is 10.8. The predicted octanol–water partition coefficient (Wildman–Crippen LogP) is 4.80. The number of alkyl halides is 3. The van der Waals surface area contributed by atoms with Gasteiger partial charge in [0.1, 0.15) is 0 Å². The molecule has 0 radical (unpaired) electrons. The molecule has 3 heteroatoms. The summed E-state index contributed by atoms with van der Waals surface area (Å²) < 4.78 is 12.4. The molecule has 74 valence electrons. The Labute approximate surface area is 91.6 Å². The minimum absolute atomic E-state index is 0.638. The van der Waals surface area contributed by atoms with E-state index in [-0.39, 0.29) is 0 Å². The third-order valence-electron chi connectivity index (χ3n) is 1.82. The summed E-state index contributed by atoms with van der Waals surface area (Å²) in [5.41, 5.74) is 0. The van der Waals surface area contributed by atoms with Gasteiger partial charge in [-0.05, 0) is 48.0 Å². The van der Waals surface area contributed by atoms with E-state index in [1.54, 1.807) is 0 Å². The average Bonchev–Trinajstić information content (AvgIpc) is 2.01. The summed E-state index contributed by atoms with van der Waals surface area (Å²) in [5.74, 6) is 0. The molecular weight excluding hydrogens is 287 g/mol. The van der Waals surface area contributed by atoms with Gasteiger partial charge in [-0.3, -0.25) is 0 Å². The molecule has 0 spiro atoms. The highest BCUT2D eigenvalue weighted by Crippen LogP contribution is 2.32. The van der Waals surface area contributed by atoms with Crippen LogP contribution in [0, 0.1) is 0 Å². The van der Waals surface area contributed by atoms with Crippen molar-refractivity contribution in [1.82, 2.24) is 0 Å². The van der Waals surface area contributed by atoms with E-state index >= 15 is 0 Å². The Kier molecular flexibility index (Phi) is 7.85. The molecule has 0 bridgehead atoms. The van der Waals surface area contributed by atoms with Gasteiger partial charge >= 0.3 is 0 Å². The summed E-state index contributed by atoms with van der Waals surface area (Å²) in [6, 6.07) is 0. The minimum Gasteiger partial charge on any atom is -0.231 e. The van der Waals surface area contributed by atoms with Crippen LogP contribution in [-0.4, -0.2) is 9.91 Å². The fraction of sp³-hybridized carbons (Fsp3) is 1.00. The van der Waals surface area contributed by atoms with E-state index in [1.807, 2.05) is 0 Å². The summed E-state index contributed by atoms with van der Waals surface area (Å²) in [5, 5.41) is 0.976. The second-order valence-corrected chi connectivity index (χ2v) is 5.32. The van der Waals surface area contributed by atoms with Gasteiger partial charge in [0, 0.05) is 5.33 Å². The van der Waals surface area contributed by atoms with Crippen molar-refractivity contribution in [3.8, 4) is 0 Å². The van der Waals surface area contributed by atoms with E-state index in [2.05, 4.69) is 38.8 Å². The second kappa shape index (κ2) is 7.31. The molecule has 12 heavy (non-hydrogen) atoms. The Morgan fingerprint density at radius 1 is 1.17 bits per heavy atom. The van der Waals surface area contributed by atoms with E-state index in [0.29, 0.717) is 12.8 Å². The van der Waals surface area contributed by atoms with Gasteiger partial charge in [0.05, 0.1) is 0 Å². The maximum Gasteiger partial charge on any atom is 0.165 e. The summed E-state index contributed by atoms with van der Waals surface area (Å²) in [6.45, 7) is 2.08. The molecule has 0 aromatic heterocycles. The van der Waals surface area contributed by atoms with E-state index in [4.69, 9.17) is 0 Å². The van der Waals surface area contributed by atoms with Gasteiger partial charge in [-0.15, -0.1) is 0 Å². The number of rotatable bonds is 7. The van der Waals surface area contributed by atoms with Gasteiger partial charge in [0.15, 0.2) is 4.58 Å². The molecule has 0 aliphatic carbocycles. The Hall–Kier alpha value is 0.890. The zero-order chi connectivity index (χ0) is 9.45. The van der Waals surface area contributed by atoms with Crippen molar-refractivity contribution < 1.29 is 4.39 Å². The Morgan fingerprint density at radius 3 is 2.25 bits per heavy atom. The highest BCUT2D eigenvalue weighted by Gasteiger charge is 2.23. The number of hydrogen-bond donors (Lipinski definition) is 0. The Balaban J connectivity index is 3.42. The fourth-order valence-corrected chi connectivity index (χ4v) is 2.00. The molecule has 0 N–H and O–H groups in total. The molecule has 0 aromatic rings. The van der Waals surface area contributed by atoms with Crippen molar-refractivity contribution in [3.63, 3.8) is 0 Å². The highest BCUT2D eigenvalue weighted by atomic mass is 79.9. The van der Waals surface area contributed by atoms with Gasteiger partial charge in [0.25, 0.3) is 0 Å². The summed E-state index contributed by atoms with van der Waals surface area (Å²) >= 11 is 6.46. The van der Waals surface area contributed by atoms with Crippen LogP contribution in [0.3, 0.4) is 0 Å². The minimum atomic E-state index is -1.11. The van der Waals surface area contributed by atoms with Gasteiger partial charge in [-0.25, -0.2) is 4.39 Å². The largest absolute Gasteiger partial charge is 0.231 e. The van der Waals surface area contributed by atoms with Crippen molar-refractivity contribution in [2.75, 3.05) is 5.33 Å². The monoisotopic (exact) mass is 302 g/mol. The van der Waals surface area contributed by atoms with E-state index in [9.17, 15) is 4.39 Å². The van der Waals surface area contributed by atoms with Crippen LogP contribution in [0.15, 0.2) is 0 Å². The maximum atomic E-state index is 13.5. The zero-order valence-electron chi connectivity index (χ0n) is 7.58. The maximum absolute atomic E-state index is 13.5. The SMILES string of the molecule is CCCCC(F)(Br)CCCCBr. The van der Waals surface area contributed by atoms with Crippen molar-refractivity contribution in [2.24, 2.45) is 0 Å². The van der Waals surface area contributed by atoms with E-state index in [0.717, 1.165) is 31.0 Å². The highest BCUT2D eigenvalue weighted by molar-refractivity contribution is 9.10. The first-order valence-corrected chi connectivity index (χ1v) is 6.47. The van der Waals surface area contributed by atoms with Crippen molar-refractivity contribution in [2.45, 2.75) is 50.0 Å². The molecule has 0 saturated heterocycles. The van der Waals surface area contributed by atoms with Gasteiger partial charge in [0.2, 0.25) is 0 Å². The lowest BCUT2D eigenvalue weighted by atomic mass is 10.1. The predicted molar refractivity (Wildman–Crippen MR) is 59.9 cm³/mol. The van der Waals surface area contributed by atoms with Gasteiger partial charge in [-0.2, -0.15) is 0 Å². The molecule has 1 unspecified atom stereocenters. The van der Waals surface area contributed by atoms with Crippen LogP contribution in [0.2, 0.25) is 0 Å². The smallest absolute Gasteiger partial charge is 0.165 e. The van der Waals surface area contributed by atoms with Crippen LogP contribution >= 0.6 is 31.9 Å². The Morgan fingerprint density at radius 2 is 1.75 bits per heavy atom. The molecule has 0 rings (SSSR count). The molecule has 0 aromatic carbocycles. The third kappa shape index (κ3) is 7.53. The molecule has 0 fully saturated rings. The lowest BCUT2D eigenvalue weighted by Crippen LogP contribution is -2.12. The fourth-order valence-electron chi connectivity index (χ4n) is 1.04. The van der Waals surface area contributed by atoms with Crippen molar-refractivity contribution >= 4 is 31.9 Å².